The zero-order valence-electron chi connectivity index (χ0n) is 22.9. The minimum Gasteiger partial charge on any atom is -0.374 e. The van der Waals surface area contributed by atoms with Gasteiger partial charge in [0.25, 0.3) is 0 Å². The number of sulfonamides is 1. The van der Waals surface area contributed by atoms with Gasteiger partial charge in [0.15, 0.2) is 8.24 Å². The van der Waals surface area contributed by atoms with E-state index in [4.69, 9.17) is 4.98 Å². The number of nitrogens with one attached hydrogen (secondary N) is 1. The number of rotatable bonds is 6. The molecule has 0 aliphatic carbocycles. The molecule has 0 bridgehead atoms. The molecule has 0 amide bonds. The van der Waals surface area contributed by atoms with Gasteiger partial charge in [0.1, 0.15) is 0 Å². The second-order valence-electron chi connectivity index (χ2n) is 11.6. The van der Waals surface area contributed by atoms with Crippen molar-refractivity contribution in [2.45, 2.75) is 56.8 Å². The number of nitrogens with zero attached hydrogens (tertiary/aromatic N) is 2. The quantitative estimate of drug-likeness (QED) is 0.228. The van der Waals surface area contributed by atoms with E-state index >= 15 is 0 Å². The maximum Gasteiger partial charge on any atom is 0.241 e. The van der Waals surface area contributed by atoms with Gasteiger partial charge in [-0.15, -0.1) is 0 Å². The van der Waals surface area contributed by atoms with Crippen LogP contribution in [0.15, 0.2) is 96.0 Å². The first-order valence-corrected chi connectivity index (χ1v) is 17.4. The number of fused-ring (bicyclic) bond motifs is 2. The van der Waals surface area contributed by atoms with E-state index < -0.39 is 24.3 Å². The molecule has 5 aromatic rings. The van der Waals surface area contributed by atoms with Gasteiger partial charge < -0.3 is 4.23 Å². The van der Waals surface area contributed by atoms with Crippen LogP contribution in [0.4, 0.5) is 0 Å². The van der Waals surface area contributed by atoms with Crippen LogP contribution in [-0.2, 0) is 10.0 Å². The average molecular weight is 542 g/mol. The monoisotopic (exact) mass is 541 g/mol. The highest BCUT2D eigenvalue weighted by Crippen LogP contribution is 2.41. The molecule has 0 spiro atoms. The van der Waals surface area contributed by atoms with Crippen molar-refractivity contribution in [3.63, 3.8) is 0 Å². The topological polar surface area (TPSA) is 64.0 Å². The highest BCUT2D eigenvalue weighted by molar-refractivity contribution is 7.89. The summed E-state index contributed by atoms with van der Waals surface area (Å²) >= 11 is 0. The van der Waals surface area contributed by atoms with E-state index in [2.05, 4.69) is 67.2 Å². The molecule has 0 aliphatic rings. The molecule has 0 saturated heterocycles. The third kappa shape index (κ3) is 4.70. The molecule has 0 fully saturated rings. The lowest BCUT2D eigenvalue weighted by Gasteiger charge is -2.38. The molecule has 2 aromatic heterocycles. The van der Waals surface area contributed by atoms with Crippen LogP contribution in [0.2, 0.25) is 18.1 Å². The highest BCUT2D eigenvalue weighted by atomic mass is 32.2. The van der Waals surface area contributed by atoms with Crippen molar-refractivity contribution in [2.24, 2.45) is 0 Å². The van der Waals surface area contributed by atoms with Gasteiger partial charge in [0, 0.05) is 28.0 Å². The van der Waals surface area contributed by atoms with Crippen molar-refractivity contribution in [3.8, 4) is 0 Å². The summed E-state index contributed by atoms with van der Waals surface area (Å²) in [5, 5.41) is 2.13. The van der Waals surface area contributed by atoms with Crippen molar-refractivity contribution in [1.82, 2.24) is 13.9 Å². The standard InChI is InChI=1S/C31H35N3O2SSi/c1-22-15-18-24(19-16-22)37(35,36)33-30(28-20-17-23-11-7-9-13-27(23)32-28)26-21-34(38(5,6)31(2,3)4)29-14-10-8-12-25(26)29/h7-21,30,33H,1-6H3. The van der Waals surface area contributed by atoms with Gasteiger partial charge in [-0.1, -0.05) is 94.0 Å². The number of aryl methyl sites for hydroxylation is 1. The lowest BCUT2D eigenvalue weighted by atomic mass is 10.0. The van der Waals surface area contributed by atoms with Crippen molar-refractivity contribution in [1.29, 1.82) is 0 Å². The first-order chi connectivity index (χ1) is 17.9. The van der Waals surface area contributed by atoms with Gasteiger partial charge in [0.05, 0.1) is 22.1 Å². The van der Waals surface area contributed by atoms with E-state index in [-0.39, 0.29) is 9.93 Å². The zero-order valence-corrected chi connectivity index (χ0v) is 24.7. The number of aromatic nitrogens is 2. The van der Waals surface area contributed by atoms with E-state index in [0.29, 0.717) is 5.69 Å². The fraction of sp³-hybridized carbons (Fsp3) is 0.258. The first-order valence-electron chi connectivity index (χ1n) is 12.9. The summed E-state index contributed by atoms with van der Waals surface area (Å²) in [5.74, 6) is 0. The molecule has 0 aliphatic heterocycles. The molecule has 2 heterocycles. The number of pyridine rings is 1. The second-order valence-corrected chi connectivity index (χ2v) is 18.4. The van der Waals surface area contributed by atoms with Gasteiger partial charge in [0.2, 0.25) is 10.0 Å². The van der Waals surface area contributed by atoms with Crippen LogP contribution < -0.4 is 4.72 Å². The largest absolute Gasteiger partial charge is 0.374 e. The summed E-state index contributed by atoms with van der Waals surface area (Å²) in [6, 6.07) is 26.4. The Morgan fingerprint density at radius 1 is 0.868 bits per heavy atom. The van der Waals surface area contributed by atoms with E-state index in [1.54, 1.807) is 12.1 Å². The summed E-state index contributed by atoms with van der Waals surface area (Å²) < 4.78 is 32.9. The molecule has 38 heavy (non-hydrogen) atoms. The van der Waals surface area contributed by atoms with Crippen molar-refractivity contribution >= 4 is 40.1 Å². The normalized spacial score (nSPS) is 13.7. The molecule has 1 atom stereocenters. The van der Waals surface area contributed by atoms with Crippen molar-refractivity contribution in [3.05, 3.63) is 108 Å². The van der Waals surface area contributed by atoms with Crippen LogP contribution in [0.3, 0.4) is 0 Å². The van der Waals surface area contributed by atoms with E-state index in [9.17, 15) is 8.42 Å². The fourth-order valence-corrected chi connectivity index (χ4v) is 7.90. The SMILES string of the molecule is Cc1ccc(S(=O)(=O)NC(c2ccc3ccccc3n2)c2cn([Si](C)(C)C(C)(C)C)c3ccccc23)cc1. The fourth-order valence-electron chi connectivity index (χ4n) is 4.73. The molecule has 1 N–H and O–H groups in total. The minimum absolute atomic E-state index is 0.0875. The Morgan fingerprint density at radius 3 is 2.24 bits per heavy atom. The number of para-hydroxylation sites is 2. The van der Waals surface area contributed by atoms with Gasteiger partial charge in [-0.25, -0.2) is 8.42 Å². The Balaban J connectivity index is 1.74. The Labute approximate surface area is 226 Å². The first kappa shape index (κ1) is 26.3. The molecule has 0 saturated carbocycles. The van der Waals surface area contributed by atoms with E-state index in [1.165, 1.54) is 0 Å². The molecule has 7 heteroatoms. The Morgan fingerprint density at radius 2 is 1.53 bits per heavy atom. The predicted octanol–water partition coefficient (Wildman–Crippen LogP) is 7.42. The number of hydrogen-bond donors (Lipinski definition) is 1. The minimum atomic E-state index is -3.84. The second kappa shape index (κ2) is 9.49. The smallest absolute Gasteiger partial charge is 0.241 e. The van der Waals surface area contributed by atoms with Crippen LogP contribution >= 0.6 is 0 Å². The molecular formula is C31H35N3O2SSi. The lowest BCUT2D eigenvalue weighted by molar-refractivity contribution is 0.570. The summed E-state index contributed by atoms with van der Waals surface area (Å²) in [4.78, 5) is 5.18. The molecular weight excluding hydrogens is 507 g/mol. The van der Waals surface area contributed by atoms with Gasteiger partial charge in [-0.2, -0.15) is 4.72 Å². The van der Waals surface area contributed by atoms with Crippen LogP contribution in [0.25, 0.3) is 21.8 Å². The third-order valence-electron chi connectivity index (χ3n) is 8.01. The molecule has 196 valence electrons. The van der Waals surface area contributed by atoms with E-state index in [0.717, 1.165) is 32.9 Å². The predicted molar refractivity (Wildman–Crippen MR) is 160 cm³/mol. The van der Waals surface area contributed by atoms with Crippen LogP contribution in [0.1, 0.15) is 43.6 Å². The molecule has 5 rings (SSSR count). The Hall–Kier alpha value is -3.26. The lowest BCUT2D eigenvalue weighted by Crippen LogP contribution is -2.45. The summed E-state index contributed by atoms with van der Waals surface area (Å²) in [5.41, 5.74) is 4.53. The van der Waals surface area contributed by atoms with Crippen LogP contribution in [0, 0.1) is 6.92 Å². The molecule has 5 nitrogen and oxygen atoms in total. The van der Waals surface area contributed by atoms with Crippen LogP contribution in [0.5, 0.6) is 0 Å². The van der Waals surface area contributed by atoms with Crippen LogP contribution in [-0.4, -0.2) is 25.9 Å². The Kier molecular flexibility index (Phi) is 6.58. The number of benzene rings is 3. The van der Waals surface area contributed by atoms with Crippen molar-refractivity contribution < 1.29 is 8.42 Å². The van der Waals surface area contributed by atoms with Gasteiger partial charge in [-0.3, -0.25) is 4.98 Å². The van der Waals surface area contributed by atoms with E-state index in [1.807, 2.05) is 61.5 Å². The summed E-state index contributed by atoms with van der Waals surface area (Å²) in [6.45, 7) is 13.5. The number of hydrogen-bond acceptors (Lipinski definition) is 3. The zero-order chi connectivity index (χ0) is 27.3. The maximum absolute atomic E-state index is 13.7. The average Bonchev–Trinajstić information content (AvgIpc) is 3.27. The molecule has 3 aromatic carbocycles. The maximum atomic E-state index is 13.7. The van der Waals surface area contributed by atoms with Crippen molar-refractivity contribution in [2.75, 3.05) is 0 Å². The molecule has 0 radical (unpaired) electrons. The summed E-state index contributed by atoms with van der Waals surface area (Å²) in [6.07, 6.45) is 2.17. The summed E-state index contributed by atoms with van der Waals surface area (Å²) in [7, 11) is -5.86. The molecule has 1 unspecified atom stereocenters. The third-order valence-corrected chi connectivity index (χ3v) is 14.7. The van der Waals surface area contributed by atoms with Gasteiger partial charge in [-0.05, 0) is 42.3 Å². The highest BCUT2D eigenvalue weighted by Gasteiger charge is 2.39. The van der Waals surface area contributed by atoms with Gasteiger partial charge >= 0.3 is 0 Å². The Bertz CT molecular complexity index is 1730.